The molecule has 0 saturated carbocycles. The second kappa shape index (κ2) is 9.80. The molecule has 1 heterocycles. The van der Waals surface area contributed by atoms with E-state index in [1.165, 1.54) is 34.3 Å². The molecule has 2 aromatic carbocycles. The van der Waals surface area contributed by atoms with Crippen molar-refractivity contribution in [3.63, 3.8) is 0 Å². The maximum atomic E-state index is 12.9. The zero-order valence-corrected chi connectivity index (χ0v) is 19.0. The number of likely N-dealkylation sites (N-methyl/N-ethyl adjacent to an activating group) is 1. The first-order valence-corrected chi connectivity index (χ1v) is 11.9. The van der Waals surface area contributed by atoms with Crippen LogP contribution in [0.3, 0.4) is 0 Å². The number of carbonyl (C=O) groups is 2. The Morgan fingerprint density at radius 1 is 1.13 bits per heavy atom. The van der Waals surface area contributed by atoms with E-state index in [0.717, 1.165) is 12.8 Å². The van der Waals surface area contributed by atoms with E-state index in [1.54, 1.807) is 12.1 Å². The van der Waals surface area contributed by atoms with Crippen molar-refractivity contribution in [3.05, 3.63) is 59.1 Å². The smallest absolute Gasteiger partial charge is 0.338 e. The zero-order chi connectivity index (χ0) is 22.6. The van der Waals surface area contributed by atoms with E-state index < -0.39 is 22.1 Å². The highest BCUT2D eigenvalue weighted by molar-refractivity contribution is 7.89. The van der Waals surface area contributed by atoms with Gasteiger partial charge in [0.1, 0.15) is 4.90 Å². The largest absolute Gasteiger partial charge is 0.449 e. The van der Waals surface area contributed by atoms with Gasteiger partial charge in [-0.05, 0) is 57.0 Å². The lowest BCUT2D eigenvalue weighted by Crippen LogP contribution is -2.40. The summed E-state index contributed by atoms with van der Waals surface area (Å²) in [6.07, 6.45) is 0.517. The fourth-order valence-corrected chi connectivity index (χ4v) is 5.49. The van der Waals surface area contributed by atoms with Crippen molar-refractivity contribution in [2.75, 3.05) is 24.5 Å². The number of para-hydroxylation sites is 1. The van der Waals surface area contributed by atoms with Crippen molar-refractivity contribution in [1.82, 2.24) is 4.31 Å². The molecule has 1 fully saturated rings. The third kappa shape index (κ3) is 5.08. The Morgan fingerprint density at radius 3 is 2.39 bits per heavy atom. The number of benzene rings is 2. The van der Waals surface area contributed by atoms with Crippen LogP contribution in [0.2, 0.25) is 5.02 Å². The summed E-state index contributed by atoms with van der Waals surface area (Å²) in [7, 11) is -3.81. The average molecular weight is 465 g/mol. The molecule has 2 aromatic rings. The maximum Gasteiger partial charge on any atom is 0.338 e. The number of rotatable bonds is 7. The molecule has 3 rings (SSSR count). The van der Waals surface area contributed by atoms with Crippen LogP contribution in [0.5, 0.6) is 0 Å². The Balaban J connectivity index is 1.78. The molecule has 0 radical (unpaired) electrons. The Morgan fingerprint density at radius 2 is 1.77 bits per heavy atom. The molecule has 0 spiro atoms. The molecule has 31 heavy (non-hydrogen) atoms. The van der Waals surface area contributed by atoms with Gasteiger partial charge in [-0.3, -0.25) is 4.79 Å². The number of ether oxygens (including phenoxy) is 1. The van der Waals surface area contributed by atoms with Crippen LogP contribution in [-0.4, -0.2) is 50.3 Å². The van der Waals surface area contributed by atoms with Gasteiger partial charge >= 0.3 is 5.97 Å². The van der Waals surface area contributed by atoms with Gasteiger partial charge in [0.25, 0.3) is 5.91 Å². The number of hydrogen-bond donors (Lipinski definition) is 0. The first-order valence-electron chi connectivity index (χ1n) is 10.1. The van der Waals surface area contributed by atoms with Crippen molar-refractivity contribution < 1.29 is 22.7 Å². The lowest BCUT2D eigenvalue weighted by molar-refractivity contribution is -0.126. The Kier molecular flexibility index (Phi) is 7.35. The van der Waals surface area contributed by atoms with Crippen molar-refractivity contribution in [3.8, 4) is 0 Å². The fourth-order valence-electron chi connectivity index (χ4n) is 3.47. The van der Waals surface area contributed by atoms with E-state index in [2.05, 4.69) is 0 Å². The molecule has 7 nitrogen and oxygen atoms in total. The number of halogens is 1. The Bertz CT molecular complexity index is 1050. The van der Waals surface area contributed by atoms with Gasteiger partial charge in [0.2, 0.25) is 10.0 Å². The van der Waals surface area contributed by atoms with Gasteiger partial charge < -0.3 is 9.64 Å². The summed E-state index contributed by atoms with van der Waals surface area (Å²) < 4.78 is 32.5. The van der Waals surface area contributed by atoms with Crippen LogP contribution in [-0.2, 0) is 19.6 Å². The number of anilines is 1. The van der Waals surface area contributed by atoms with Crippen LogP contribution >= 0.6 is 11.6 Å². The Hall–Kier alpha value is -2.42. The highest BCUT2D eigenvalue weighted by Gasteiger charge is 2.31. The second-order valence-corrected chi connectivity index (χ2v) is 9.54. The van der Waals surface area contributed by atoms with Crippen LogP contribution in [0.1, 0.15) is 37.0 Å². The van der Waals surface area contributed by atoms with Gasteiger partial charge in [-0.15, -0.1) is 0 Å². The Labute approximate surface area is 187 Å². The predicted octanol–water partition coefficient (Wildman–Crippen LogP) is 3.72. The van der Waals surface area contributed by atoms with Gasteiger partial charge in [0.15, 0.2) is 6.10 Å². The molecule has 1 aliphatic heterocycles. The molecule has 0 aliphatic carbocycles. The van der Waals surface area contributed by atoms with Gasteiger partial charge in [0.05, 0.1) is 10.6 Å². The monoisotopic (exact) mass is 464 g/mol. The molecule has 1 saturated heterocycles. The van der Waals surface area contributed by atoms with Crippen molar-refractivity contribution in [2.24, 2.45) is 0 Å². The summed E-state index contributed by atoms with van der Waals surface area (Å²) in [5, 5.41) is 0.0359. The van der Waals surface area contributed by atoms with Crippen LogP contribution in [0, 0.1) is 0 Å². The van der Waals surface area contributed by atoms with Gasteiger partial charge in [0, 0.05) is 25.3 Å². The van der Waals surface area contributed by atoms with E-state index in [0.29, 0.717) is 25.3 Å². The number of hydrogen-bond acceptors (Lipinski definition) is 5. The highest BCUT2D eigenvalue weighted by Crippen LogP contribution is 2.28. The number of sulfonamides is 1. The van der Waals surface area contributed by atoms with Crippen molar-refractivity contribution in [2.45, 2.75) is 37.7 Å². The summed E-state index contributed by atoms with van der Waals surface area (Å²) >= 11 is 6.13. The predicted molar refractivity (Wildman–Crippen MR) is 119 cm³/mol. The molecule has 1 aliphatic rings. The topological polar surface area (TPSA) is 84.0 Å². The number of nitrogens with zero attached hydrogens (tertiary/aromatic N) is 2. The number of amides is 1. The average Bonchev–Trinajstić information content (AvgIpc) is 3.31. The molecule has 0 N–H and O–H groups in total. The van der Waals surface area contributed by atoms with E-state index in [-0.39, 0.29) is 21.4 Å². The van der Waals surface area contributed by atoms with Crippen LogP contribution in [0.25, 0.3) is 0 Å². The quantitative estimate of drug-likeness (QED) is 0.583. The molecular weight excluding hydrogens is 440 g/mol. The van der Waals surface area contributed by atoms with Crippen LogP contribution < -0.4 is 4.90 Å². The van der Waals surface area contributed by atoms with Crippen molar-refractivity contribution >= 4 is 39.2 Å². The van der Waals surface area contributed by atoms with Gasteiger partial charge in [-0.25, -0.2) is 13.2 Å². The van der Waals surface area contributed by atoms with Gasteiger partial charge in [-0.2, -0.15) is 4.31 Å². The van der Waals surface area contributed by atoms with E-state index in [9.17, 15) is 18.0 Å². The minimum atomic E-state index is -3.81. The highest BCUT2D eigenvalue weighted by atomic mass is 35.5. The van der Waals surface area contributed by atoms with E-state index >= 15 is 0 Å². The molecule has 166 valence electrons. The summed E-state index contributed by atoms with van der Waals surface area (Å²) in [6, 6.07) is 13.0. The first-order chi connectivity index (χ1) is 14.8. The van der Waals surface area contributed by atoms with E-state index in [4.69, 9.17) is 16.3 Å². The molecule has 0 bridgehead atoms. The molecule has 0 unspecified atom stereocenters. The third-order valence-electron chi connectivity index (χ3n) is 5.13. The maximum absolute atomic E-state index is 12.9. The van der Waals surface area contributed by atoms with Crippen LogP contribution in [0.4, 0.5) is 5.69 Å². The van der Waals surface area contributed by atoms with Crippen molar-refractivity contribution in [1.29, 1.82) is 0 Å². The number of esters is 1. The van der Waals surface area contributed by atoms with E-state index in [1.807, 2.05) is 25.1 Å². The summed E-state index contributed by atoms with van der Waals surface area (Å²) in [5.74, 6) is -1.17. The molecular formula is C22H25ClN2O5S. The normalized spacial score (nSPS) is 15.5. The molecule has 1 atom stereocenters. The standard InChI is InChI=1S/C22H25ClN2O5S/c1-3-25(18-9-5-4-6-10-18)21(26)16(2)30-22(27)17-11-12-19(23)20(15-17)31(28,29)24-13-7-8-14-24/h4-6,9-12,15-16H,3,7-8,13-14H2,1-2H3/t16-/m1/s1. The zero-order valence-electron chi connectivity index (χ0n) is 17.5. The summed E-state index contributed by atoms with van der Waals surface area (Å²) in [4.78, 5) is 26.9. The fraction of sp³-hybridized carbons (Fsp3) is 0.364. The summed E-state index contributed by atoms with van der Waals surface area (Å²) in [5.41, 5.74) is 0.716. The second-order valence-electron chi connectivity index (χ2n) is 7.22. The minimum Gasteiger partial charge on any atom is -0.449 e. The molecule has 0 aromatic heterocycles. The molecule has 1 amide bonds. The summed E-state index contributed by atoms with van der Waals surface area (Å²) in [6.45, 7) is 4.57. The lowest BCUT2D eigenvalue weighted by Gasteiger charge is -2.24. The first kappa shape index (κ1) is 23.2. The minimum absolute atomic E-state index is 0.0181. The van der Waals surface area contributed by atoms with Crippen LogP contribution in [0.15, 0.2) is 53.4 Å². The van der Waals surface area contributed by atoms with Gasteiger partial charge in [-0.1, -0.05) is 29.8 Å². The third-order valence-corrected chi connectivity index (χ3v) is 7.51. The molecule has 9 heteroatoms. The SMILES string of the molecule is CCN(C(=O)[C@@H](C)OC(=O)c1ccc(Cl)c(S(=O)(=O)N2CCCC2)c1)c1ccccc1. The number of carbonyl (C=O) groups excluding carboxylic acids is 2. The lowest BCUT2D eigenvalue weighted by atomic mass is 10.2.